The molecule has 160 valence electrons. The third kappa shape index (κ3) is 2.08. The SMILES string of the molecule is C=C1C2=C(CCC3(O2)C(=O)C2(CO2)C(C)(C)N([O])C3(C)C)C(C)(C)N([O])C1(C)C. The van der Waals surface area contributed by atoms with Crippen molar-refractivity contribution in [2.24, 2.45) is 0 Å². The Hall–Kier alpha value is -1.25. The van der Waals surface area contributed by atoms with Gasteiger partial charge in [0.05, 0.1) is 28.8 Å². The molecule has 0 N–H and O–H groups in total. The van der Waals surface area contributed by atoms with Crippen molar-refractivity contribution in [3.05, 3.63) is 23.5 Å². The van der Waals surface area contributed by atoms with Crippen molar-refractivity contribution in [1.82, 2.24) is 10.1 Å². The Morgan fingerprint density at radius 2 is 1.38 bits per heavy atom. The molecule has 4 aliphatic heterocycles. The van der Waals surface area contributed by atoms with Crippen LogP contribution < -0.4 is 0 Å². The first kappa shape index (κ1) is 21.0. The zero-order valence-corrected chi connectivity index (χ0v) is 18.8. The number of piperidine rings is 1. The van der Waals surface area contributed by atoms with Gasteiger partial charge in [0, 0.05) is 12.0 Å². The molecule has 0 bridgehead atoms. The molecule has 7 nitrogen and oxygen atoms in total. The summed E-state index contributed by atoms with van der Waals surface area (Å²) in [5.74, 6) is 0.329. The summed E-state index contributed by atoms with van der Waals surface area (Å²) in [7, 11) is 0. The number of Topliss-reactive ketones (excluding diaryl/α,β-unsaturated/α-hetero) is 1. The number of rotatable bonds is 0. The molecule has 4 rings (SSSR count). The number of hydrogen-bond donors (Lipinski definition) is 0. The monoisotopic (exact) mass is 404 g/mol. The molecule has 4 aliphatic rings. The highest BCUT2D eigenvalue weighted by atomic mass is 16.6. The van der Waals surface area contributed by atoms with Crippen LogP contribution in [0.4, 0.5) is 0 Å². The van der Waals surface area contributed by atoms with E-state index in [2.05, 4.69) is 6.58 Å². The van der Waals surface area contributed by atoms with E-state index in [1.54, 1.807) is 41.5 Å². The van der Waals surface area contributed by atoms with E-state index in [0.717, 1.165) is 15.7 Å². The molecule has 2 fully saturated rings. The van der Waals surface area contributed by atoms with Gasteiger partial charge < -0.3 is 9.47 Å². The van der Waals surface area contributed by atoms with Crippen molar-refractivity contribution in [2.45, 2.75) is 102 Å². The van der Waals surface area contributed by atoms with Crippen LogP contribution in [0, 0.1) is 0 Å². The standard InChI is InChI=1S/C22H32N2O5/c1-13-15-14(18(4,5)23(26)17(13,2)3)10-11-21(29-15)16(25)22(12-28-22)20(8,9)24(27)19(21,6)7/h1,10-12H2,2-9H3. The molecule has 0 amide bonds. The molecule has 0 aromatic carbocycles. The topological polar surface area (TPSA) is 85.1 Å². The maximum atomic E-state index is 13.9. The predicted octanol–water partition coefficient (Wildman–Crippen LogP) is 3.12. The minimum Gasteiger partial charge on any atom is -0.477 e. The van der Waals surface area contributed by atoms with Gasteiger partial charge >= 0.3 is 0 Å². The average Bonchev–Trinajstić information content (AvgIpc) is 3.45. The third-order valence-corrected chi connectivity index (χ3v) is 8.20. The molecule has 0 aromatic rings. The summed E-state index contributed by atoms with van der Waals surface area (Å²) in [6.07, 6.45) is 0.804. The highest BCUT2D eigenvalue weighted by Gasteiger charge is 2.80. The summed E-state index contributed by atoms with van der Waals surface area (Å²) in [6, 6.07) is 0. The van der Waals surface area contributed by atoms with Gasteiger partial charge in [-0.3, -0.25) is 4.79 Å². The van der Waals surface area contributed by atoms with Crippen LogP contribution in [0.15, 0.2) is 23.5 Å². The highest BCUT2D eigenvalue weighted by molar-refractivity contribution is 6.01. The smallest absolute Gasteiger partial charge is 0.214 e. The Morgan fingerprint density at radius 1 is 0.862 bits per heavy atom. The first-order valence-electron chi connectivity index (χ1n) is 10.3. The van der Waals surface area contributed by atoms with Crippen molar-refractivity contribution in [3.63, 3.8) is 0 Å². The third-order valence-electron chi connectivity index (χ3n) is 8.20. The lowest BCUT2D eigenvalue weighted by atomic mass is 9.60. The fourth-order valence-corrected chi connectivity index (χ4v) is 5.81. The van der Waals surface area contributed by atoms with Crippen LogP contribution in [-0.2, 0) is 24.7 Å². The van der Waals surface area contributed by atoms with Gasteiger partial charge in [-0.15, -0.1) is 20.5 Å². The molecule has 2 unspecified atom stereocenters. The molecule has 2 spiro atoms. The number of hydroxylamine groups is 4. The van der Waals surface area contributed by atoms with E-state index in [0.29, 0.717) is 24.2 Å². The quantitative estimate of drug-likeness (QED) is 0.579. The Bertz CT molecular complexity index is 849. The fraction of sp³-hybridized carbons (Fsp3) is 0.773. The van der Waals surface area contributed by atoms with Gasteiger partial charge in [0.2, 0.25) is 5.78 Å². The maximum absolute atomic E-state index is 13.9. The summed E-state index contributed by atoms with van der Waals surface area (Å²) < 4.78 is 12.2. The van der Waals surface area contributed by atoms with Crippen molar-refractivity contribution in [1.29, 1.82) is 0 Å². The average molecular weight is 405 g/mol. The van der Waals surface area contributed by atoms with Gasteiger partial charge in [-0.25, -0.2) is 0 Å². The zero-order valence-electron chi connectivity index (χ0n) is 18.8. The van der Waals surface area contributed by atoms with E-state index in [9.17, 15) is 15.2 Å². The van der Waals surface area contributed by atoms with Gasteiger partial charge in [0.1, 0.15) is 5.76 Å². The minimum absolute atomic E-state index is 0.174. The number of ether oxygens (including phenoxy) is 2. The molecule has 0 saturated carbocycles. The summed E-state index contributed by atoms with van der Waals surface area (Å²) in [6.45, 7) is 18.8. The van der Waals surface area contributed by atoms with E-state index in [-0.39, 0.29) is 12.4 Å². The number of epoxide rings is 1. The van der Waals surface area contributed by atoms with Gasteiger partial charge in [-0.1, -0.05) is 6.58 Å². The molecule has 7 heteroatoms. The van der Waals surface area contributed by atoms with Crippen LogP contribution in [0.1, 0.15) is 68.2 Å². The second-order valence-electron chi connectivity index (χ2n) is 11.0. The first-order chi connectivity index (χ1) is 13.0. The molecule has 2 atom stereocenters. The predicted molar refractivity (Wildman–Crippen MR) is 104 cm³/mol. The molecular weight excluding hydrogens is 372 g/mol. The van der Waals surface area contributed by atoms with Gasteiger partial charge in [0.15, 0.2) is 11.2 Å². The van der Waals surface area contributed by atoms with Crippen LogP contribution in [0.3, 0.4) is 0 Å². The lowest BCUT2D eigenvalue weighted by Crippen LogP contribution is -2.80. The number of nitrogens with zero attached hydrogens (tertiary/aromatic N) is 2. The molecule has 2 radical (unpaired) electrons. The second kappa shape index (κ2) is 5.32. The van der Waals surface area contributed by atoms with Gasteiger partial charge in [-0.2, -0.15) is 0 Å². The van der Waals surface area contributed by atoms with Crippen molar-refractivity contribution in [2.75, 3.05) is 6.61 Å². The molecular formula is C22H32N2O5. The van der Waals surface area contributed by atoms with Gasteiger partial charge in [0.25, 0.3) is 0 Å². The second-order valence-corrected chi connectivity index (χ2v) is 11.0. The molecule has 0 aromatic heterocycles. The van der Waals surface area contributed by atoms with Crippen molar-refractivity contribution in [3.8, 4) is 0 Å². The molecule has 29 heavy (non-hydrogen) atoms. The van der Waals surface area contributed by atoms with Crippen molar-refractivity contribution >= 4 is 5.78 Å². The van der Waals surface area contributed by atoms with Crippen LogP contribution in [0.25, 0.3) is 0 Å². The number of carbonyl (C=O) groups is 1. The Kier molecular flexibility index (Phi) is 3.85. The minimum atomic E-state index is -1.36. The summed E-state index contributed by atoms with van der Waals surface area (Å²) in [5.41, 5.74) is -4.96. The number of ketones is 1. The van der Waals surface area contributed by atoms with Crippen LogP contribution in [0.2, 0.25) is 0 Å². The normalized spacial score (nSPS) is 40.2. The largest absolute Gasteiger partial charge is 0.477 e. The fourth-order valence-electron chi connectivity index (χ4n) is 5.81. The van der Waals surface area contributed by atoms with Gasteiger partial charge in [-0.05, 0) is 67.4 Å². The maximum Gasteiger partial charge on any atom is 0.214 e. The zero-order chi connectivity index (χ0) is 22.0. The van der Waals surface area contributed by atoms with Crippen LogP contribution in [-0.4, -0.2) is 55.9 Å². The lowest BCUT2D eigenvalue weighted by molar-refractivity contribution is -0.335. The molecule has 0 aliphatic carbocycles. The van der Waals surface area contributed by atoms with E-state index < -0.39 is 33.4 Å². The van der Waals surface area contributed by atoms with E-state index in [1.165, 1.54) is 0 Å². The Morgan fingerprint density at radius 3 is 1.90 bits per heavy atom. The number of carbonyl (C=O) groups excluding carboxylic acids is 1. The number of hydrogen-bond acceptors (Lipinski definition) is 5. The van der Waals surface area contributed by atoms with Crippen molar-refractivity contribution < 1.29 is 24.7 Å². The van der Waals surface area contributed by atoms with E-state index in [1.807, 2.05) is 13.8 Å². The van der Waals surface area contributed by atoms with E-state index in [4.69, 9.17) is 9.47 Å². The van der Waals surface area contributed by atoms with Crippen LogP contribution >= 0.6 is 0 Å². The highest BCUT2D eigenvalue weighted by Crippen LogP contribution is 2.60. The first-order valence-corrected chi connectivity index (χ1v) is 10.3. The van der Waals surface area contributed by atoms with E-state index >= 15 is 0 Å². The summed E-state index contributed by atoms with van der Waals surface area (Å²) in [5, 5.41) is 28.6. The summed E-state index contributed by atoms with van der Waals surface area (Å²) in [4.78, 5) is 13.9. The Labute approximate surface area is 172 Å². The molecule has 4 heterocycles. The molecule has 2 saturated heterocycles. The van der Waals surface area contributed by atoms with Crippen LogP contribution in [0.5, 0.6) is 0 Å². The summed E-state index contributed by atoms with van der Waals surface area (Å²) >= 11 is 0. The Balaban J connectivity index is 1.89. The lowest BCUT2D eigenvalue weighted by Gasteiger charge is -2.61.